The Morgan fingerprint density at radius 3 is 2.25 bits per heavy atom. The maximum Gasteiger partial charge on any atom is 0.213 e. The third kappa shape index (κ3) is 0.855. The summed E-state index contributed by atoms with van der Waals surface area (Å²) in [5.74, 6) is 0.337. The molecule has 3 nitrogen and oxygen atoms in total. The van der Waals surface area contributed by atoms with E-state index >= 15 is 0 Å². The van der Waals surface area contributed by atoms with Crippen molar-refractivity contribution in [1.82, 2.24) is 4.31 Å². The molecule has 0 aliphatic carbocycles. The highest BCUT2D eigenvalue weighted by molar-refractivity contribution is 7.89. The highest BCUT2D eigenvalue weighted by atomic mass is 32.2. The van der Waals surface area contributed by atoms with Gasteiger partial charge in [-0.3, -0.25) is 0 Å². The molecular weight excluding hydrogens is 126 g/mol. The normalized spacial score (nSPS) is 28.6. The Bertz CT molecular complexity index is 172. The molecule has 48 valence electrons. The highest BCUT2D eigenvalue weighted by Gasteiger charge is 2.23. The summed E-state index contributed by atoms with van der Waals surface area (Å²) in [5.41, 5.74) is 0. The van der Waals surface area contributed by atoms with Gasteiger partial charge in [0, 0.05) is 13.6 Å². The predicted molar refractivity (Wildman–Crippen MR) is 31.0 cm³/mol. The van der Waals surface area contributed by atoms with Gasteiger partial charge in [0.05, 0.1) is 5.75 Å². The summed E-state index contributed by atoms with van der Waals surface area (Å²) in [6.07, 6.45) is 0.791. The van der Waals surface area contributed by atoms with Crippen LogP contribution in [0.5, 0.6) is 0 Å². The standard InChI is InChI=1S/C4H9NO2S/c1-5-3-2-4-8(5,6)7/h2-4H2,1H3. The van der Waals surface area contributed by atoms with Gasteiger partial charge >= 0.3 is 0 Å². The van der Waals surface area contributed by atoms with Crippen molar-refractivity contribution < 1.29 is 8.42 Å². The smallest absolute Gasteiger partial charge is 0.212 e. The molecule has 1 rings (SSSR count). The van der Waals surface area contributed by atoms with Gasteiger partial charge in [-0.15, -0.1) is 0 Å². The van der Waals surface area contributed by atoms with Gasteiger partial charge in [-0.25, -0.2) is 12.7 Å². The first kappa shape index (κ1) is 6.04. The molecule has 0 radical (unpaired) electrons. The minimum atomic E-state index is -2.79. The van der Waals surface area contributed by atoms with E-state index in [4.69, 9.17) is 0 Å². The van der Waals surface area contributed by atoms with Crippen molar-refractivity contribution in [2.24, 2.45) is 0 Å². The van der Waals surface area contributed by atoms with Crippen molar-refractivity contribution in [2.45, 2.75) is 6.42 Å². The Morgan fingerprint density at radius 2 is 2.12 bits per heavy atom. The van der Waals surface area contributed by atoms with Crippen LogP contribution in [0.1, 0.15) is 6.42 Å². The first-order valence-corrected chi connectivity index (χ1v) is 4.18. The van der Waals surface area contributed by atoms with Crippen molar-refractivity contribution in [2.75, 3.05) is 19.3 Å². The maximum atomic E-state index is 10.7. The molecule has 0 aromatic heterocycles. The average molecular weight is 135 g/mol. The van der Waals surface area contributed by atoms with E-state index < -0.39 is 10.0 Å². The molecule has 8 heavy (non-hydrogen) atoms. The van der Waals surface area contributed by atoms with Crippen LogP contribution in [0.4, 0.5) is 0 Å². The number of hydrogen-bond acceptors (Lipinski definition) is 2. The van der Waals surface area contributed by atoms with Gasteiger partial charge in [0.25, 0.3) is 0 Å². The van der Waals surface area contributed by atoms with E-state index in [1.165, 1.54) is 4.31 Å². The van der Waals surface area contributed by atoms with Crippen LogP contribution in [0.25, 0.3) is 0 Å². The van der Waals surface area contributed by atoms with Crippen LogP contribution in [0.3, 0.4) is 0 Å². The second kappa shape index (κ2) is 1.70. The maximum absolute atomic E-state index is 10.7. The zero-order valence-electron chi connectivity index (χ0n) is 4.79. The quantitative estimate of drug-likeness (QED) is 0.455. The number of rotatable bonds is 0. The molecule has 0 aromatic rings. The van der Waals surface area contributed by atoms with Crippen LogP contribution >= 0.6 is 0 Å². The van der Waals surface area contributed by atoms with Crippen molar-refractivity contribution in [3.63, 3.8) is 0 Å². The van der Waals surface area contributed by atoms with Gasteiger partial charge in [-0.2, -0.15) is 0 Å². The monoisotopic (exact) mass is 135 g/mol. The fraction of sp³-hybridized carbons (Fsp3) is 1.00. The summed E-state index contributed by atoms with van der Waals surface area (Å²) >= 11 is 0. The molecule has 4 heteroatoms. The molecule has 1 saturated heterocycles. The van der Waals surface area contributed by atoms with Crippen LogP contribution in [0, 0.1) is 0 Å². The minimum absolute atomic E-state index is 0.337. The third-order valence-corrected chi connectivity index (χ3v) is 3.29. The molecule has 0 amide bonds. The molecule has 1 fully saturated rings. The Morgan fingerprint density at radius 1 is 1.50 bits per heavy atom. The Hall–Kier alpha value is -0.0900. The van der Waals surface area contributed by atoms with Gasteiger partial charge in [0.2, 0.25) is 10.0 Å². The van der Waals surface area contributed by atoms with E-state index in [1.54, 1.807) is 7.05 Å². The Kier molecular flexibility index (Phi) is 1.28. The molecule has 0 N–H and O–H groups in total. The van der Waals surface area contributed by atoms with Crippen LogP contribution < -0.4 is 0 Å². The SMILES string of the molecule is CN1CCCS1(=O)=O. The van der Waals surface area contributed by atoms with Crippen molar-refractivity contribution in [3.8, 4) is 0 Å². The average Bonchev–Trinajstić information content (AvgIpc) is 1.86. The van der Waals surface area contributed by atoms with Crippen LogP contribution in [0.2, 0.25) is 0 Å². The zero-order chi connectivity index (χ0) is 6.20. The minimum Gasteiger partial charge on any atom is -0.212 e. The van der Waals surface area contributed by atoms with Crippen LogP contribution in [0.15, 0.2) is 0 Å². The molecule has 0 unspecified atom stereocenters. The second-order valence-corrected chi connectivity index (χ2v) is 4.19. The van der Waals surface area contributed by atoms with Crippen LogP contribution in [-0.2, 0) is 10.0 Å². The molecule has 0 spiro atoms. The van der Waals surface area contributed by atoms with E-state index in [0.717, 1.165) is 6.42 Å². The Labute approximate surface area is 49.3 Å². The predicted octanol–water partition coefficient (Wildman–Crippen LogP) is -0.348. The summed E-state index contributed by atoms with van der Waals surface area (Å²) in [5, 5.41) is 0. The third-order valence-electron chi connectivity index (χ3n) is 1.35. The number of hydrogen-bond donors (Lipinski definition) is 0. The first-order chi connectivity index (χ1) is 3.63. The summed E-state index contributed by atoms with van der Waals surface area (Å²) < 4.78 is 22.8. The van der Waals surface area contributed by atoms with Gasteiger partial charge in [-0.05, 0) is 6.42 Å². The molecule has 0 atom stereocenters. The molecule has 0 saturated carbocycles. The fourth-order valence-corrected chi connectivity index (χ4v) is 1.98. The largest absolute Gasteiger partial charge is 0.213 e. The summed E-state index contributed by atoms with van der Waals surface area (Å²) in [4.78, 5) is 0. The first-order valence-electron chi connectivity index (χ1n) is 2.57. The molecular formula is C4H9NO2S. The van der Waals surface area contributed by atoms with Crippen molar-refractivity contribution >= 4 is 10.0 Å². The molecule has 1 aliphatic rings. The molecule has 0 bridgehead atoms. The second-order valence-electron chi connectivity index (χ2n) is 1.99. The fourth-order valence-electron chi connectivity index (χ4n) is 0.765. The van der Waals surface area contributed by atoms with Gasteiger partial charge in [0.15, 0.2) is 0 Å². The Balaban J connectivity index is 2.85. The van der Waals surface area contributed by atoms with E-state index in [9.17, 15) is 8.42 Å². The molecule has 1 heterocycles. The van der Waals surface area contributed by atoms with Crippen LogP contribution in [-0.4, -0.2) is 32.1 Å². The lowest BCUT2D eigenvalue weighted by Crippen LogP contribution is -2.19. The van der Waals surface area contributed by atoms with E-state index in [1.807, 2.05) is 0 Å². The summed E-state index contributed by atoms with van der Waals surface area (Å²) in [7, 11) is -1.18. The van der Waals surface area contributed by atoms with Crippen molar-refractivity contribution in [1.29, 1.82) is 0 Å². The highest BCUT2D eigenvalue weighted by Crippen LogP contribution is 2.08. The summed E-state index contributed by atoms with van der Waals surface area (Å²) in [6, 6.07) is 0. The molecule has 1 aliphatic heterocycles. The zero-order valence-corrected chi connectivity index (χ0v) is 5.61. The van der Waals surface area contributed by atoms with Crippen molar-refractivity contribution in [3.05, 3.63) is 0 Å². The topological polar surface area (TPSA) is 37.4 Å². The number of nitrogens with zero attached hydrogens (tertiary/aromatic N) is 1. The number of sulfonamides is 1. The lowest BCUT2D eigenvalue weighted by molar-refractivity contribution is 0.507. The van der Waals surface area contributed by atoms with E-state index in [2.05, 4.69) is 0 Å². The van der Waals surface area contributed by atoms with E-state index in [0.29, 0.717) is 12.3 Å². The van der Waals surface area contributed by atoms with Gasteiger partial charge < -0.3 is 0 Å². The van der Waals surface area contributed by atoms with Gasteiger partial charge in [-0.1, -0.05) is 0 Å². The summed E-state index contributed by atoms with van der Waals surface area (Å²) in [6.45, 7) is 0.697. The lowest BCUT2D eigenvalue weighted by Gasteiger charge is -2.02. The molecule has 0 aromatic carbocycles. The lowest BCUT2D eigenvalue weighted by atomic mass is 10.5. The van der Waals surface area contributed by atoms with Gasteiger partial charge in [0.1, 0.15) is 0 Å². The van der Waals surface area contributed by atoms with E-state index in [-0.39, 0.29) is 0 Å².